The Bertz CT molecular complexity index is 523. The highest BCUT2D eigenvalue weighted by atomic mass is 32.1. The lowest BCUT2D eigenvalue weighted by molar-refractivity contribution is 1.07. The van der Waals surface area contributed by atoms with E-state index in [0.29, 0.717) is 0 Å². The summed E-state index contributed by atoms with van der Waals surface area (Å²) in [4.78, 5) is 0. The molecule has 3 nitrogen and oxygen atoms in total. The van der Waals surface area contributed by atoms with Crippen molar-refractivity contribution in [1.82, 2.24) is 10.2 Å². The van der Waals surface area contributed by atoms with Gasteiger partial charge in [0.1, 0.15) is 0 Å². The second-order valence-electron chi connectivity index (χ2n) is 3.71. The van der Waals surface area contributed by atoms with Crippen molar-refractivity contribution in [2.24, 2.45) is 0 Å². The second-order valence-corrected chi connectivity index (χ2v) is 3.71. The lowest BCUT2D eigenvalue weighted by atomic mass is 10.2. The number of nitrogens with one attached hydrogen (secondary N) is 2. The first kappa shape index (κ1) is 22.5. The zero-order valence-corrected chi connectivity index (χ0v) is 15.5. The van der Waals surface area contributed by atoms with Crippen LogP contribution in [-0.4, -0.2) is 16.5 Å². The van der Waals surface area contributed by atoms with E-state index >= 15 is 0 Å². The lowest BCUT2D eigenvalue weighted by Gasteiger charge is -1.99. The highest BCUT2D eigenvalue weighted by Gasteiger charge is 1.89. The normalized spacial score (nSPS) is 7.95. The summed E-state index contributed by atoms with van der Waals surface area (Å²) in [6, 6.07) is 15.9. The Kier molecular flexibility index (Phi) is 15.9. The average molecular weight is 322 g/mol. The predicted octanol–water partition coefficient (Wildman–Crippen LogP) is 5.67. The topological polar surface area (TPSA) is 57.6 Å². The van der Waals surface area contributed by atoms with Crippen LogP contribution in [-0.2, 0) is 0 Å². The van der Waals surface area contributed by atoms with Gasteiger partial charge >= 0.3 is 0 Å². The minimum Gasteiger partial charge on any atom is -0.399 e. The van der Waals surface area contributed by atoms with Gasteiger partial charge in [-0.05, 0) is 43.0 Å². The third kappa shape index (κ3) is 9.19. The quantitative estimate of drug-likeness (QED) is 0.313. The molecule has 0 bridgehead atoms. The minimum atomic E-state index is 0.838. The molecular formula is C18H31N3S. The molecule has 0 amide bonds. The molecule has 0 aliphatic heterocycles. The Morgan fingerprint density at radius 3 is 1.45 bits per heavy atom. The smallest absolute Gasteiger partial charge is 0.0789 e. The molecule has 4 heteroatoms. The number of aryl methyl sites for hydroxylation is 1. The van der Waals surface area contributed by atoms with Gasteiger partial charge < -0.3 is 5.73 Å². The van der Waals surface area contributed by atoms with Gasteiger partial charge in [0.15, 0.2) is 0 Å². The molecule has 0 aliphatic rings. The van der Waals surface area contributed by atoms with E-state index in [1.807, 2.05) is 83.1 Å². The fraction of sp³-hybridized carbons (Fsp3) is 0.333. The number of para-hydroxylation sites is 2. The van der Waals surface area contributed by atoms with Crippen molar-refractivity contribution in [3.63, 3.8) is 0 Å². The van der Waals surface area contributed by atoms with Gasteiger partial charge in [-0.2, -0.15) is 12.6 Å². The number of anilines is 1. The number of H-pyrrole nitrogens is 2. The maximum Gasteiger partial charge on any atom is 0.0789 e. The molecule has 1 aromatic heterocycles. The van der Waals surface area contributed by atoms with E-state index in [9.17, 15) is 0 Å². The summed E-state index contributed by atoms with van der Waals surface area (Å²) in [5, 5.41) is 5.88. The Morgan fingerprint density at radius 1 is 0.773 bits per heavy atom. The Labute approximate surface area is 140 Å². The second kappa shape index (κ2) is 15.6. The Balaban J connectivity index is 0. The van der Waals surface area contributed by atoms with Crippen LogP contribution in [0.25, 0.3) is 11.0 Å². The van der Waals surface area contributed by atoms with E-state index in [4.69, 9.17) is 5.73 Å². The third-order valence-electron chi connectivity index (χ3n) is 2.30. The van der Waals surface area contributed by atoms with Crippen LogP contribution in [0, 0.1) is 6.92 Å². The van der Waals surface area contributed by atoms with E-state index in [2.05, 4.69) is 22.8 Å². The first-order valence-corrected chi connectivity index (χ1v) is 8.53. The summed E-state index contributed by atoms with van der Waals surface area (Å²) >= 11 is 3.53. The number of nitrogens with two attached hydrogens (primary N) is 1. The molecule has 0 atom stereocenters. The third-order valence-corrected chi connectivity index (χ3v) is 2.30. The van der Waals surface area contributed by atoms with E-state index in [-0.39, 0.29) is 0 Å². The number of benzene rings is 2. The van der Waals surface area contributed by atoms with Crippen LogP contribution in [0.4, 0.5) is 5.69 Å². The largest absolute Gasteiger partial charge is 0.399 e. The lowest BCUT2D eigenvalue weighted by Crippen LogP contribution is -1.87. The molecule has 0 saturated carbocycles. The highest BCUT2D eigenvalue weighted by molar-refractivity contribution is 7.79. The maximum atomic E-state index is 5.46. The van der Waals surface area contributed by atoms with Gasteiger partial charge in [-0.1, -0.05) is 52.0 Å². The molecule has 0 aliphatic carbocycles. The molecule has 0 fully saturated rings. The van der Waals surface area contributed by atoms with Crippen molar-refractivity contribution in [3.05, 3.63) is 54.1 Å². The Hall–Kier alpha value is -1.81. The van der Waals surface area contributed by atoms with Crippen molar-refractivity contribution in [3.8, 4) is 0 Å². The Morgan fingerprint density at radius 2 is 1.23 bits per heavy atom. The van der Waals surface area contributed by atoms with Gasteiger partial charge in [0.05, 0.1) is 11.0 Å². The van der Waals surface area contributed by atoms with Gasteiger partial charge in [-0.25, -0.2) is 0 Å². The molecule has 0 saturated heterocycles. The van der Waals surface area contributed by atoms with Crippen molar-refractivity contribution < 1.29 is 0 Å². The number of thiol groups is 1. The molecule has 1 heterocycles. The predicted molar refractivity (Wildman–Crippen MR) is 106 cm³/mol. The SMILES string of the molecule is CC.CC.CS.Cc1cccc(N)c1.c1ccc2[nH][nH]c2c1. The summed E-state index contributed by atoms with van der Waals surface area (Å²) in [6.07, 6.45) is 1.69. The average Bonchev–Trinajstić information content (AvgIpc) is 2.55. The molecule has 0 unspecified atom stereocenters. The van der Waals surface area contributed by atoms with Crippen LogP contribution in [0.5, 0.6) is 0 Å². The summed E-state index contributed by atoms with van der Waals surface area (Å²) in [7, 11) is 0. The molecular weight excluding hydrogens is 290 g/mol. The van der Waals surface area contributed by atoms with E-state index in [0.717, 1.165) is 5.69 Å². The minimum absolute atomic E-state index is 0.838. The highest BCUT2D eigenvalue weighted by Crippen LogP contribution is 2.06. The van der Waals surface area contributed by atoms with Crippen molar-refractivity contribution >= 4 is 29.3 Å². The monoisotopic (exact) mass is 321 g/mol. The first-order valence-electron chi connectivity index (χ1n) is 7.63. The van der Waals surface area contributed by atoms with Crippen molar-refractivity contribution in [2.75, 3.05) is 12.0 Å². The van der Waals surface area contributed by atoms with Crippen LogP contribution >= 0.6 is 12.6 Å². The van der Waals surface area contributed by atoms with E-state index in [1.54, 1.807) is 6.26 Å². The molecule has 3 aromatic rings. The zero-order valence-electron chi connectivity index (χ0n) is 14.6. The van der Waals surface area contributed by atoms with Crippen molar-refractivity contribution in [2.45, 2.75) is 34.6 Å². The summed E-state index contributed by atoms with van der Waals surface area (Å²) in [5.41, 5.74) is 9.88. The van der Waals surface area contributed by atoms with Crippen LogP contribution in [0.3, 0.4) is 0 Å². The number of fused-ring (bicyclic) bond motifs is 1. The molecule has 2 aromatic carbocycles. The van der Waals surface area contributed by atoms with Gasteiger partial charge in [0.2, 0.25) is 0 Å². The standard InChI is InChI=1S/C7H9N.C6H6N2.2C2H6.CH4S/c1-6-3-2-4-7(8)5-6;1-2-4-6-5(3-1)7-8-6;3*1-2/h2-5H,8H2,1H3;1-4,7-8H;2*1-2H3;2H,1H3. The van der Waals surface area contributed by atoms with Gasteiger partial charge in [-0.15, -0.1) is 0 Å². The number of hydrogen-bond donors (Lipinski definition) is 4. The molecule has 3 rings (SSSR count). The fourth-order valence-corrected chi connectivity index (χ4v) is 1.44. The molecule has 4 N–H and O–H groups in total. The van der Waals surface area contributed by atoms with Gasteiger partial charge in [-0.3, -0.25) is 10.2 Å². The summed E-state index contributed by atoms with van der Waals surface area (Å²) < 4.78 is 0. The number of aromatic amines is 2. The maximum absolute atomic E-state index is 5.46. The molecule has 0 radical (unpaired) electrons. The van der Waals surface area contributed by atoms with Crippen LogP contribution in [0.1, 0.15) is 33.3 Å². The van der Waals surface area contributed by atoms with Crippen LogP contribution < -0.4 is 5.73 Å². The molecule has 124 valence electrons. The number of aromatic nitrogens is 2. The zero-order chi connectivity index (χ0) is 17.4. The van der Waals surface area contributed by atoms with Gasteiger partial charge in [0, 0.05) is 5.69 Å². The number of nitrogen functional groups attached to an aromatic ring is 1. The van der Waals surface area contributed by atoms with Crippen LogP contribution in [0.2, 0.25) is 0 Å². The molecule has 22 heavy (non-hydrogen) atoms. The summed E-state index contributed by atoms with van der Waals surface area (Å²) in [6.45, 7) is 10.0. The number of hydrogen-bond acceptors (Lipinski definition) is 2. The van der Waals surface area contributed by atoms with E-state index in [1.165, 1.54) is 16.6 Å². The van der Waals surface area contributed by atoms with Crippen molar-refractivity contribution in [1.29, 1.82) is 0 Å². The van der Waals surface area contributed by atoms with Crippen LogP contribution in [0.15, 0.2) is 48.5 Å². The van der Waals surface area contributed by atoms with E-state index < -0.39 is 0 Å². The fourth-order valence-electron chi connectivity index (χ4n) is 1.44. The van der Waals surface area contributed by atoms with Gasteiger partial charge in [0.25, 0.3) is 0 Å². The molecule has 0 spiro atoms. The first-order chi connectivity index (χ1) is 10.8. The number of rotatable bonds is 0. The summed E-state index contributed by atoms with van der Waals surface area (Å²) in [5.74, 6) is 0.